The molecular formula is C18H27NO4. The van der Waals surface area contributed by atoms with Gasteiger partial charge >= 0.3 is 5.97 Å². The minimum atomic E-state index is -1.000. The van der Waals surface area contributed by atoms with Crippen molar-refractivity contribution in [3.63, 3.8) is 0 Å². The fourth-order valence-corrected chi connectivity index (χ4v) is 2.23. The van der Waals surface area contributed by atoms with Crippen LogP contribution < -0.4 is 10.1 Å². The number of carboxylic acids is 1. The van der Waals surface area contributed by atoms with Crippen LogP contribution in [0.4, 0.5) is 0 Å². The van der Waals surface area contributed by atoms with E-state index >= 15 is 0 Å². The van der Waals surface area contributed by atoms with Crippen molar-refractivity contribution in [1.29, 1.82) is 0 Å². The fourth-order valence-electron chi connectivity index (χ4n) is 2.23. The Morgan fingerprint density at radius 1 is 1.22 bits per heavy atom. The van der Waals surface area contributed by atoms with E-state index in [0.717, 1.165) is 18.6 Å². The van der Waals surface area contributed by atoms with Gasteiger partial charge in [-0.05, 0) is 30.0 Å². The number of hydrogen-bond donors (Lipinski definition) is 2. The van der Waals surface area contributed by atoms with Crippen molar-refractivity contribution in [3.8, 4) is 5.75 Å². The highest BCUT2D eigenvalue weighted by molar-refractivity contribution is 5.83. The van der Waals surface area contributed by atoms with Crippen molar-refractivity contribution in [1.82, 2.24) is 5.32 Å². The summed E-state index contributed by atoms with van der Waals surface area (Å²) in [5, 5.41) is 11.7. The molecule has 5 nitrogen and oxygen atoms in total. The van der Waals surface area contributed by atoms with Gasteiger partial charge in [-0.3, -0.25) is 4.79 Å². The van der Waals surface area contributed by atoms with Gasteiger partial charge in [0.1, 0.15) is 11.8 Å². The molecule has 0 aliphatic rings. The second-order valence-electron chi connectivity index (χ2n) is 5.76. The van der Waals surface area contributed by atoms with E-state index in [-0.39, 0.29) is 24.9 Å². The van der Waals surface area contributed by atoms with Gasteiger partial charge in [-0.15, -0.1) is 0 Å². The third-order valence-electron chi connectivity index (χ3n) is 3.86. The summed E-state index contributed by atoms with van der Waals surface area (Å²) in [6, 6.07) is 6.97. The van der Waals surface area contributed by atoms with E-state index in [9.17, 15) is 9.59 Å². The average Bonchev–Trinajstić information content (AvgIpc) is 2.53. The van der Waals surface area contributed by atoms with Crippen LogP contribution in [0.25, 0.3) is 0 Å². The second kappa shape index (κ2) is 9.87. The van der Waals surface area contributed by atoms with Crippen LogP contribution in [0, 0.1) is 5.92 Å². The van der Waals surface area contributed by atoms with Crippen molar-refractivity contribution in [2.45, 2.75) is 52.5 Å². The minimum Gasteiger partial charge on any atom is -0.493 e. The molecule has 2 N–H and O–H groups in total. The van der Waals surface area contributed by atoms with E-state index in [2.05, 4.69) is 12.2 Å². The van der Waals surface area contributed by atoms with Gasteiger partial charge in [0.15, 0.2) is 0 Å². The molecule has 0 bridgehead atoms. The standard InChI is InChI=1S/C18H27NO4/c1-4-6-14-7-9-15(10-8-14)23-12-11-16(20)19-17(18(21)22)13(3)5-2/h7-10,13,17H,4-6,11-12H2,1-3H3,(H,19,20)(H,21,22). The first-order chi connectivity index (χ1) is 11.0. The number of nitrogens with one attached hydrogen (secondary N) is 1. The molecule has 1 aromatic carbocycles. The maximum Gasteiger partial charge on any atom is 0.326 e. The van der Waals surface area contributed by atoms with Crippen LogP contribution in [0.5, 0.6) is 5.75 Å². The number of carbonyl (C=O) groups excluding carboxylic acids is 1. The molecule has 1 rings (SSSR count). The lowest BCUT2D eigenvalue weighted by Gasteiger charge is -2.20. The zero-order valence-corrected chi connectivity index (χ0v) is 14.2. The highest BCUT2D eigenvalue weighted by Gasteiger charge is 2.24. The van der Waals surface area contributed by atoms with Crippen LogP contribution in [0.15, 0.2) is 24.3 Å². The van der Waals surface area contributed by atoms with Crippen molar-refractivity contribution in [2.24, 2.45) is 5.92 Å². The Balaban J connectivity index is 2.39. The number of benzene rings is 1. The molecule has 0 fully saturated rings. The third kappa shape index (κ3) is 6.72. The Morgan fingerprint density at radius 2 is 1.87 bits per heavy atom. The minimum absolute atomic E-state index is 0.108. The van der Waals surface area contributed by atoms with E-state index in [1.165, 1.54) is 5.56 Å². The van der Waals surface area contributed by atoms with E-state index in [0.29, 0.717) is 6.42 Å². The van der Waals surface area contributed by atoms with E-state index < -0.39 is 12.0 Å². The first-order valence-electron chi connectivity index (χ1n) is 8.21. The van der Waals surface area contributed by atoms with Gasteiger partial charge < -0.3 is 15.2 Å². The van der Waals surface area contributed by atoms with Gasteiger partial charge in [0, 0.05) is 0 Å². The summed E-state index contributed by atoms with van der Waals surface area (Å²) in [7, 11) is 0. The number of rotatable bonds is 10. The number of aliphatic carboxylic acids is 1. The van der Waals surface area contributed by atoms with Crippen LogP contribution >= 0.6 is 0 Å². The SMILES string of the molecule is CCCc1ccc(OCCC(=O)NC(C(=O)O)C(C)CC)cc1. The zero-order valence-electron chi connectivity index (χ0n) is 14.2. The van der Waals surface area contributed by atoms with Crippen molar-refractivity contribution in [2.75, 3.05) is 6.61 Å². The van der Waals surface area contributed by atoms with Crippen molar-refractivity contribution < 1.29 is 19.4 Å². The molecule has 23 heavy (non-hydrogen) atoms. The predicted octanol–water partition coefficient (Wildman–Crippen LogP) is 3.02. The summed E-state index contributed by atoms with van der Waals surface area (Å²) in [5.74, 6) is -0.696. The fraction of sp³-hybridized carbons (Fsp3) is 0.556. The van der Waals surface area contributed by atoms with Crippen LogP contribution in [0.1, 0.15) is 45.6 Å². The van der Waals surface area contributed by atoms with E-state index in [4.69, 9.17) is 9.84 Å². The van der Waals surface area contributed by atoms with Crippen LogP contribution in [0.2, 0.25) is 0 Å². The van der Waals surface area contributed by atoms with Gasteiger partial charge in [-0.25, -0.2) is 4.79 Å². The van der Waals surface area contributed by atoms with Gasteiger partial charge in [0.25, 0.3) is 0 Å². The lowest BCUT2D eigenvalue weighted by Crippen LogP contribution is -2.45. The second-order valence-corrected chi connectivity index (χ2v) is 5.76. The molecule has 0 aromatic heterocycles. The molecule has 128 valence electrons. The summed E-state index contributed by atoms with van der Waals surface area (Å²) in [4.78, 5) is 23.0. The summed E-state index contributed by atoms with van der Waals surface area (Å²) >= 11 is 0. The first-order valence-corrected chi connectivity index (χ1v) is 8.21. The topological polar surface area (TPSA) is 75.6 Å². The Kier molecular flexibility index (Phi) is 8.16. The lowest BCUT2D eigenvalue weighted by atomic mass is 9.99. The Bertz CT molecular complexity index is 498. The molecule has 0 aliphatic heterocycles. The maximum atomic E-state index is 11.9. The molecule has 0 saturated heterocycles. The molecule has 0 radical (unpaired) electrons. The predicted molar refractivity (Wildman–Crippen MR) is 89.6 cm³/mol. The first kappa shape index (κ1) is 19.0. The number of carboxylic acid groups (broad SMARTS) is 1. The smallest absolute Gasteiger partial charge is 0.326 e. The number of hydrogen-bond acceptors (Lipinski definition) is 3. The molecular weight excluding hydrogens is 294 g/mol. The molecule has 2 atom stereocenters. The number of amides is 1. The average molecular weight is 321 g/mol. The molecule has 1 aromatic rings. The molecule has 5 heteroatoms. The number of ether oxygens (including phenoxy) is 1. The third-order valence-corrected chi connectivity index (χ3v) is 3.86. The van der Waals surface area contributed by atoms with Gasteiger partial charge in [-0.2, -0.15) is 0 Å². The van der Waals surface area contributed by atoms with Crippen LogP contribution in [-0.2, 0) is 16.0 Å². The van der Waals surface area contributed by atoms with Crippen LogP contribution in [-0.4, -0.2) is 29.6 Å². The zero-order chi connectivity index (χ0) is 17.2. The number of aryl methyl sites for hydroxylation is 1. The number of carbonyl (C=O) groups is 2. The normalized spacial score (nSPS) is 13.2. The highest BCUT2D eigenvalue weighted by Crippen LogP contribution is 2.13. The molecule has 1 amide bonds. The molecule has 0 heterocycles. The van der Waals surface area contributed by atoms with E-state index in [1.807, 2.05) is 38.1 Å². The van der Waals surface area contributed by atoms with Crippen molar-refractivity contribution >= 4 is 11.9 Å². The summed E-state index contributed by atoms with van der Waals surface area (Å²) in [6.45, 7) is 6.07. The molecule has 0 spiro atoms. The molecule has 2 unspecified atom stereocenters. The monoisotopic (exact) mass is 321 g/mol. The maximum absolute atomic E-state index is 11.9. The Morgan fingerprint density at radius 3 is 2.39 bits per heavy atom. The van der Waals surface area contributed by atoms with Crippen molar-refractivity contribution in [3.05, 3.63) is 29.8 Å². The molecule has 0 saturated carbocycles. The van der Waals surface area contributed by atoms with Crippen LogP contribution in [0.3, 0.4) is 0 Å². The largest absolute Gasteiger partial charge is 0.493 e. The quantitative estimate of drug-likeness (QED) is 0.694. The Labute approximate surface area is 138 Å². The summed E-state index contributed by atoms with van der Waals surface area (Å²) < 4.78 is 5.53. The lowest BCUT2D eigenvalue weighted by molar-refractivity contribution is -0.143. The summed E-state index contributed by atoms with van der Waals surface area (Å²) in [6.07, 6.45) is 2.96. The van der Waals surface area contributed by atoms with Gasteiger partial charge in [0.2, 0.25) is 5.91 Å². The van der Waals surface area contributed by atoms with Gasteiger partial charge in [0.05, 0.1) is 13.0 Å². The van der Waals surface area contributed by atoms with Gasteiger partial charge in [-0.1, -0.05) is 45.7 Å². The Hall–Kier alpha value is -2.04. The van der Waals surface area contributed by atoms with E-state index in [1.54, 1.807) is 0 Å². The highest BCUT2D eigenvalue weighted by atomic mass is 16.5. The summed E-state index contributed by atoms with van der Waals surface area (Å²) in [5.41, 5.74) is 1.26. The molecule has 0 aliphatic carbocycles.